The van der Waals surface area contributed by atoms with Crippen LogP contribution in [-0.2, 0) is 6.54 Å². The van der Waals surface area contributed by atoms with Crippen LogP contribution in [0.5, 0.6) is 11.5 Å². The van der Waals surface area contributed by atoms with Crippen LogP contribution in [0.1, 0.15) is 10.4 Å². The SMILES string of the molecule is N#Cc1csc(CNc2ccc3c(c2)OCO3)c1. The average molecular weight is 258 g/mol. The van der Waals surface area contributed by atoms with Crippen molar-refractivity contribution in [2.24, 2.45) is 0 Å². The molecule has 0 atom stereocenters. The average Bonchev–Trinajstić information content (AvgIpc) is 3.04. The third-order valence-electron chi connectivity index (χ3n) is 2.62. The first-order valence-corrected chi connectivity index (χ1v) is 6.34. The number of nitrogens with zero attached hydrogens (tertiary/aromatic N) is 1. The Hall–Kier alpha value is -2.19. The Balaban J connectivity index is 1.68. The van der Waals surface area contributed by atoms with Gasteiger partial charge in [-0.15, -0.1) is 11.3 Å². The fraction of sp³-hybridized carbons (Fsp3) is 0.154. The van der Waals surface area contributed by atoms with Crippen LogP contribution in [0.25, 0.3) is 0 Å². The summed E-state index contributed by atoms with van der Waals surface area (Å²) in [6.07, 6.45) is 0. The van der Waals surface area contributed by atoms with E-state index in [1.54, 1.807) is 11.3 Å². The first-order valence-electron chi connectivity index (χ1n) is 5.46. The van der Waals surface area contributed by atoms with Gasteiger partial charge in [0.25, 0.3) is 0 Å². The van der Waals surface area contributed by atoms with E-state index in [2.05, 4.69) is 11.4 Å². The molecule has 0 amide bonds. The molecule has 0 radical (unpaired) electrons. The summed E-state index contributed by atoms with van der Waals surface area (Å²) in [5.74, 6) is 1.55. The number of anilines is 1. The minimum atomic E-state index is 0.287. The van der Waals surface area contributed by atoms with Crippen LogP contribution in [0.3, 0.4) is 0 Å². The number of fused-ring (bicyclic) bond motifs is 1. The van der Waals surface area contributed by atoms with Gasteiger partial charge >= 0.3 is 0 Å². The van der Waals surface area contributed by atoms with Crippen molar-refractivity contribution in [3.8, 4) is 17.6 Å². The number of nitrogens with one attached hydrogen (secondary N) is 1. The van der Waals surface area contributed by atoms with Crippen LogP contribution in [0.2, 0.25) is 0 Å². The maximum Gasteiger partial charge on any atom is 0.231 e. The maximum absolute atomic E-state index is 8.75. The van der Waals surface area contributed by atoms with E-state index in [1.165, 1.54) is 0 Å². The van der Waals surface area contributed by atoms with Crippen LogP contribution >= 0.6 is 11.3 Å². The summed E-state index contributed by atoms with van der Waals surface area (Å²) in [5, 5.41) is 13.9. The largest absolute Gasteiger partial charge is 0.454 e. The van der Waals surface area contributed by atoms with E-state index in [9.17, 15) is 0 Å². The number of ether oxygens (including phenoxy) is 2. The van der Waals surface area contributed by atoms with Crippen molar-refractivity contribution in [3.05, 3.63) is 40.1 Å². The van der Waals surface area contributed by atoms with Crippen LogP contribution in [0, 0.1) is 11.3 Å². The van der Waals surface area contributed by atoms with E-state index in [0.717, 1.165) is 22.1 Å². The monoisotopic (exact) mass is 258 g/mol. The van der Waals surface area contributed by atoms with Gasteiger partial charge in [-0.3, -0.25) is 0 Å². The molecule has 0 fully saturated rings. The minimum absolute atomic E-state index is 0.287. The molecule has 2 heterocycles. The zero-order valence-electron chi connectivity index (χ0n) is 9.47. The van der Waals surface area contributed by atoms with Crippen LogP contribution in [0.4, 0.5) is 5.69 Å². The summed E-state index contributed by atoms with van der Waals surface area (Å²) < 4.78 is 10.6. The molecule has 0 spiro atoms. The third-order valence-corrected chi connectivity index (χ3v) is 3.56. The molecule has 0 bridgehead atoms. The highest BCUT2D eigenvalue weighted by atomic mass is 32.1. The molecule has 0 aliphatic carbocycles. The van der Waals surface area contributed by atoms with E-state index in [4.69, 9.17) is 14.7 Å². The molecule has 5 heteroatoms. The van der Waals surface area contributed by atoms with E-state index in [-0.39, 0.29) is 6.79 Å². The number of benzene rings is 1. The van der Waals surface area contributed by atoms with Crippen LogP contribution in [0.15, 0.2) is 29.6 Å². The lowest BCUT2D eigenvalue weighted by Crippen LogP contribution is -1.97. The van der Waals surface area contributed by atoms with Crippen molar-refractivity contribution in [1.29, 1.82) is 5.26 Å². The van der Waals surface area contributed by atoms with Crippen molar-refractivity contribution in [1.82, 2.24) is 0 Å². The Morgan fingerprint density at radius 2 is 2.17 bits per heavy atom. The van der Waals surface area contributed by atoms with Gasteiger partial charge in [-0.1, -0.05) is 0 Å². The number of rotatable bonds is 3. The van der Waals surface area contributed by atoms with Gasteiger partial charge in [0.1, 0.15) is 6.07 Å². The lowest BCUT2D eigenvalue weighted by Gasteiger charge is -2.05. The highest BCUT2D eigenvalue weighted by Crippen LogP contribution is 2.34. The van der Waals surface area contributed by atoms with E-state index in [0.29, 0.717) is 12.1 Å². The molecular formula is C13H10N2O2S. The second-order valence-corrected chi connectivity index (χ2v) is 4.83. The lowest BCUT2D eigenvalue weighted by molar-refractivity contribution is 0.174. The fourth-order valence-electron chi connectivity index (χ4n) is 1.73. The molecule has 1 aromatic carbocycles. The second kappa shape index (κ2) is 4.59. The molecule has 0 saturated heterocycles. The highest BCUT2D eigenvalue weighted by molar-refractivity contribution is 7.10. The Morgan fingerprint density at radius 3 is 3.00 bits per heavy atom. The van der Waals surface area contributed by atoms with Crippen LogP contribution in [-0.4, -0.2) is 6.79 Å². The first-order chi connectivity index (χ1) is 8.85. The molecule has 1 N–H and O–H groups in total. The van der Waals surface area contributed by atoms with Crippen molar-refractivity contribution < 1.29 is 9.47 Å². The summed E-state index contributed by atoms with van der Waals surface area (Å²) >= 11 is 1.58. The number of thiophene rings is 1. The van der Waals surface area contributed by atoms with E-state index < -0.39 is 0 Å². The van der Waals surface area contributed by atoms with Gasteiger partial charge in [-0.2, -0.15) is 5.26 Å². The predicted molar refractivity (Wildman–Crippen MR) is 68.9 cm³/mol. The molecule has 0 unspecified atom stereocenters. The molecule has 0 saturated carbocycles. The molecule has 18 heavy (non-hydrogen) atoms. The Bertz CT molecular complexity index is 616. The first kappa shape index (κ1) is 10.9. The molecule has 2 aromatic rings. The summed E-state index contributed by atoms with van der Waals surface area (Å²) in [4.78, 5) is 1.13. The van der Waals surface area contributed by atoms with Gasteiger partial charge in [0.2, 0.25) is 6.79 Å². The van der Waals surface area contributed by atoms with Gasteiger partial charge in [0.05, 0.1) is 5.56 Å². The molecular weight excluding hydrogens is 248 g/mol. The van der Waals surface area contributed by atoms with Gasteiger partial charge in [0, 0.05) is 28.6 Å². The normalized spacial score (nSPS) is 12.2. The van der Waals surface area contributed by atoms with Gasteiger partial charge in [-0.05, 0) is 18.2 Å². The summed E-state index contributed by atoms with van der Waals surface area (Å²) in [6.45, 7) is 0.987. The Kier molecular flexibility index (Phi) is 2.79. The van der Waals surface area contributed by atoms with Gasteiger partial charge in [0.15, 0.2) is 11.5 Å². The molecule has 3 rings (SSSR count). The topological polar surface area (TPSA) is 54.3 Å². The van der Waals surface area contributed by atoms with E-state index in [1.807, 2.05) is 29.6 Å². The fourth-order valence-corrected chi connectivity index (χ4v) is 2.48. The Labute approximate surface area is 108 Å². The zero-order valence-corrected chi connectivity index (χ0v) is 10.3. The molecule has 4 nitrogen and oxygen atoms in total. The highest BCUT2D eigenvalue weighted by Gasteiger charge is 2.12. The van der Waals surface area contributed by atoms with Gasteiger partial charge < -0.3 is 14.8 Å². The maximum atomic E-state index is 8.75. The van der Waals surface area contributed by atoms with Crippen molar-refractivity contribution >= 4 is 17.0 Å². The number of hydrogen-bond acceptors (Lipinski definition) is 5. The lowest BCUT2D eigenvalue weighted by atomic mass is 10.2. The molecule has 1 aliphatic heterocycles. The Morgan fingerprint density at radius 1 is 1.28 bits per heavy atom. The van der Waals surface area contributed by atoms with Crippen molar-refractivity contribution in [2.45, 2.75) is 6.54 Å². The van der Waals surface area contributed by atoms with Crippen LogP contribution < -0.4 is 14.8 Å². The summed E-state index contributed by atoms with van der Waals surface area (Å²) in [7, 11) is 0. The minimum Gasteiger partial charge on any atom is -0.454 e. The van der Waals surface area contributed by atoms with Gasteiger partial charge in [-0.25, -0.2) is 0 Å². The smallest absolute Gasteiger partial charge is 0.231 e. The molecule has 1 aliphatic rings. The third kappa shape index (κ3) is 2.11. The predicted octanol–water partition coefficient (Wildman–Crippen LogP) is 2.96. The van der Waals surface area contributed by atoms with Crippen molar-refractivity contribution in [3.63, 3.8) is 0 Å². The van der Waals surface area contributed by atoms with E-state index >= 15 is 0 Å². The summed E-state index contributed by atoms with van der Waals surface area (Å²) in [6, 6.07) is 9.78. The zero-order chi connectivity index (χ0) is 12.4. The molecule has 1 aromatic heterocycles. The summed E-state index contributed by atoms with van der Waals surface area (Å²) in [5.41, 5.74) is 1.69. The van der Waals surface area contributed by atoms with Crippen molar-refractivity contribution in [2.75, 3.05) is 12.1 Å². The second-order valence-electron chi connectivity index (χ2n) is 3.84. The standard InChI is InChI=1S/C13H10N2O2S/c14-5-9-3-11(18-7-9)6-15-10-1-2-12-13(4-10)17-8-16-12/h1-4,7,15H,6,8H2. The number of hydrogen-bond donors (Lipinski definition) is 1. The number of nitriles is 1. The molecule has 90 valence electrons. The quantitative estimate of drug-likeness (QED) is 0.919.